The molecule has 3 aromatic rings. The van der Waals surface area contributed by atoms with Crippen LogP contribution in [-0.4, -0.2) is 42.3 Å². The Labute approximate surface area is 199 Å². The van der Waals surface area contributed by atoms with Gasteiger partial charge in [0, 0.05) is 12.0 Å². The molecule has 4 rings (SSSR count). The van der Waals surface area contributed by atoms with E-state index in [1.807, 2.05) is 91.9 Å². The third-order valence-electron chi connectivity index (χ3n) is 5.55. The maximum Gasteiger partial charge on any atom is 0.187 e. The molecule has 1 fully saturated rings. The van der Waals surface area contributed by atoms with Gasteiger partial charge < -0.3 is 24.1 Å². The zero-order chi connectivity index (χ0) is 23.0. The topological polar surface area (TPSA) is 57.2 Å². The maximum atomic E-state index is 11.3. The number of aryl methyl sites for hydroxylation is 1. The molecule has 0 saturated carbocycles. The first-order chi connectivity index (χ1) is 16.1. The van der Waals surface area contributed by atoms with E-state index in [4.69, 9.17) is 18.9 Å². The summed E-state index contributed by atoms with van der Waals surface area (Å²) in [5, 5.41) is 11.3. The molecule has 1 aliphatic heterocycles. The van der Waals surface area contributed by atoms with Crippen LogP contribution in [0.1, 0.15) is 16.7 Å². The summed E-state index contributed by atoms with van der Waals surface area (Å²) >= 11 is 1.45. The molecule has 33 heavy (non-hydrogen) atoms. The first-order valence-electron chi connectivity index (χ1n) is 11.0. The Morgan fingerprint density at radius 3 is 1.88 bits per heavy atom. The lowest BCUT2D eigenvalue weighted by Gasteiger charge is -2.43. The Balaban J connectivity index is 1.52. The molecule has 0 unspecified atom stereocenters. The van der Waals surface area contributed by atoms with E-state index in [9.17, 15) is 5.11 Å². The van der Waals surface area contributed by atoms with Gasteiger partial charge in [-0.1, -0.05) is 90.1 Å². The molecule has 1 saturated heterocycles. The largest absolute Gasteiger partial charge is 0.387 e. The summed E-state index contributed by atoms with van der Waals surface area (Å²) in [6.07, 6.45) is -2.81. The van der Waals surface area contributed by atoms with Gasteiger partial charge in [-0.25, -0.2) is 0 Å². The van der Waals surface area contributed by atoms with E-state index in [-0.39, 0.29) is 0 Å². The molecule has 1 N–H and O–H groups in total. The zero-order valence-electron chi connectivity index (χ0n) is 18.9. The second kappa shape index (κ2) is 11.8. The second-order valence-electron chi connectivity index (χ2n) is 8.05. The Morgan fingerprint density at radius 2 is 1.33 bits per heavy atom. The van der Waals surface area contributed by atoms with E-state index >= 15 is 0 Å². The van der Waals surface area contributed by atoms with E-state index in [2.05, 4.69) is 0 Å². The smallest absolute Gasteiger partial charge is 0.187 e. The summed E-state index contributed by atoms with van der Waals surface area (Å²) in [7, 11) is 1.59. The number of ether oxygens (including phenoxy) is 4. The molecular weight excluding hydrogens is 436 g/mol. The number of benzene rings is 3. The molecule has 0 bridgehead atoms. The van der Waals surface area contributed by atoms with Crippen LogP contribution >= 0.6 is 11.8 Å². The minimum absolute atomic E-state index is 0.353. The number of aliphatic hydroxyl groups is 1. The lowest BCUT2D eigenvalue weighted by Crippen LogP contribution is -2.58. The van der Waals surface area contributed by atoms with Crippen molar-refractivity contribution in [1.29, 1.82) is 0 Å². The number of hydrogen-bond acceptors (Lipinski definition) is 6. The number of hydrogen-bond donors (Lipinski definition) is 1. The predicted molar refractivity (Wildman–Crippen MR) is 129 cm³/mol. The van der Waals surface area contributed by atoms with Gasteiger partial charge in [0.15, 0.2) is 6.29 Å². The molecule has 0 amide bonds. The van der Waals surface area contributed by atoms with Crippen molar-refractivity contribution in [3.8, 4) is 0 Å². The fraction of sp³-hybridized carbons (Fsp3) is 0.333. The Hall–Kier alpha value is -2.19. The average Bonchev–Trinajstić information content (AvgIpc) is 2.86. The highest BCUT2D eigenvalue weighted by atomic mass is 32.2. The molecule has 174 valence electrons. The number of methoxy groups -OCH3 is 1. The van der Waals surface area contributed by atoms with E-state index in [1.165, 1.54) is 17.3 Å². The van der Waals surface area contributed by atoms with Gasteiger partial charge in [-0.05, 0) is 30.2 Å². The molecule has 5 atom stereocenters. The summed E-state index contributed by atoms with van der Waals surface area (Å²) in [5.74, 6) is 0. The van der Waals surface area contributed by atoms with Crippen molar-refractivity contribution in [1.82, 2.24) is 0 Å². The maximum absolute atomic E-state index is 11.3. The molecule has 0 aliphatic carbocycles. The van der Waals surface area contributed by atoms with Crippen molar-refractivity contribution in [2.24, 2.45) is 0 Å². The fourth-order valence-electron chi connectivity index (χ4n) is 3.73. The van der Waals surface area contributed by atoms with E-state index in [0.29, 0.717) is 13.2 Å². The molecule has 0 radical (unpaired) electrons. The summed E-state index contributed by atoms with van der Waals surface area (Å²) in [6, 6.07) is 27.9. The van der Waals surface area contributed by atoms with Crippen molar-refractivity contribution >= 4 is 11.8 Å². The van der Waals surface area contributed by atoms with Crippen LogP contribution < -0.4 is 0 Å². The van der Waals surface area contributed by atoms with Crippen LogP contribution in [0.3, 0.4) is 0 Å². The Kier molecular flexibility index (Phi) is 8.56. The third kappa shape index (κ3) is 6.44. The van der Waals surface area contributed by atoms with Crippen molar-refractivity contribution in [3.05, 3.63) is 102 Å². The first-order valence-corrected chi connectivity index (χ1v) is 11.9. The summed E-state index contributed by atoms with van der Waals surface area (Å²) in [5.41, 5.74) is 2.67. The summed E-state index contributed by atoms with van der Waals surface area (Å²) in [6.45, 7) is 2.76. The van der Waals surface area contributed by atoms with Gasteiger partial charge >= 0.3 is 0 Å². The predicted octanol–water partition coefficient (Wildman–Crippen LogP) is 4.95. The van der Waals surface area contributed by atoms with Crippen molar-refractivity contribution in [2.45, 2.75) is 55.1 Å². The molecule has 0 spiro atoms. The van der Waals surface area contributed by atoms with Gasteiger partial charge in [-0.3, -0.25) is 0 Å². The molecule has 3 aromatic carbocycles. The van der Waals surface area contributed by atoms with Crippen LogP contribution in [0.2, 0.25) is 0 Å². The zero-order valence-corrected chi connectivity index (χ0v) is 19.7. The number of rotatable bonds is 9. The monoisotopic (exact) mass is 466 g/mol. The molecule has 5 nitrogen and oxygen atoms in total. The highest BCUT2D eigenvalue weighted by molar-refractivity contribution is 7.99. The van der Waals surface area contributed by atoms with Crippen LogP contribution in [0.4, 0.5) is 0 Å². The van der Waals surface area contributed by atoms with Crippen molar-refractivity contribution in [3.63, 3.8) is 0 Å². The Morgan fingerprint density at radius 1 is 0.788 bits per heavy atom. The quantitative estimate of drug-likeness (QED) is 0.482. The van der Waals surface area contributed by atoms with Gasteiger partial charge in [0.25, 0.3) is 0 Å². The van der Waals surface area contributed by atoms with E-state index in [1.54, 1.807) is 7.11 Å². The standard InChI is InChI=1S/C27H30O5S/c1-19-13-15-22(16-14-19)33-27-23(28)24(30-17-20-9-5-3-6-10-20)25(26(29-2)32-27)31-18-21-11-7-4-8-12-21/h3-16,23-28H,17-18H2,1-2H3/t23-,24+,25-,26+,27+/m1/s1. The lowest BCUT2D eigenvalue weighted by atomic mass is 10.0. The van der Waals surface area contributed by atoms with Gasteiger partial charge in [-0.15, -0.1) is 0 Å². The Bertz CT molecular complexity index is 967. The molecule has 0 aromatic heterocycles. The third-order valence-corrected chi connectivity index (χ3v) is 6.72. The highest BCUT2D eigenvalue weighted by Gasteiger charge is 2.47. The SMILES string of the molecule is CO[C@H]1O[C@@H](Sc2ccc(C)cc2)[C@H](O)[C@H](OCc2ccccc2)[C@H]1OCc1ccccc1. The van der Waals surface area contributed by atoms with E-state index in [0.717, 1.165) is 16.0 Å². The van der Waals surface area contributed by atoms with Crippen LogP contribution in [0, 0.1) is 6.92 Å². The molecule has 6 heteroatoms. The molecule has 1 aliphatic rings. The minimum Gasteiger partial charge on any atom is -0.387 e. The average molecular weight is 467 g/mol. The minimum atomic E-state index is -0.910. The van der Waals surface area contributed by atoms with Crippen molar-refractivity contribution in [2.75, 3.05) is 7.11 Å². The van der Waals surface area contributed by atoms with Gasteiger partial charge in [0.1, 0.15) is 23.7 Å². The summed E-state index contributed by atoms with van der Waals surface area (Å²) in [4.78, 5) is 1.00. The van der Waals surface area contributed by atoms with Gasteiger partial charge in [-0.2, -0.15) is 0 Å². The van der Waals surface area contributed by atoms with Crippen molar-refractivity contribution < 1.29 is 24.1 Å². The molecule has 1 heterocycles. The van der Waals surface area contributed by atoms with Gasteiger partial charge in [0.2, 0.25) is 0 Å². The molecular formula is C27H30O5S. The number of thioether (sulfide) groups is 1. The fourth-order valence-corrected chi connectivity index (χ4v) is 4.75. The first kappa shape index (κ1) is 24.0. The summed E-state index contributed by atoms with van der Waals surface area (Å²) < 4.78 is 24.3. The lowest BCUT2D eigenvalue weighted by molar-refractivity contribution is -0.293. The van der Waals surface area contributed by atoms with Crippen LogP contribution in [-0.2, 0) is 32.2 Å². The van der Waals surface area contributed by atoms with Crippen LogP contribution in [0.25, 0.3) is 0 Å². The normalized spacial score (nSPS) is 25.1. The second-order valence-corrected chi connectivity index (χ2v) is 9.22. The number of aliphatic hydroxyl groups excluding tert-OH is 1. The van der Waals surface area contributed by atoms with Crippen LogP contribution in [0.5, 0.6) is 0 Å². The van der Waals surface area contributed by atoms with Crippen LogP contribution in [0.15, 0.2) is 89.8 Å². The highest BCUT2D eigenvalue weighted by Crippen LogP contribution is 2.36. The van der Waals surface area contributed by atoms with Gasteiger partial charge in [0.05, 0.1) is 13.2 Å². The van der Waals surface area contributed by atoms with E-state index < -0.39 is 30.0 Å².